The maximum atomic E-state index is 13.1. The van der Waals surface area contributed by atoms with Crippen LogP contribution in [0.2, 0.25) is 0 Å². The summed E-state index contributed by atoms with van der Waals surface area (Å²) in [6.45, 7) is 9.94. The van der Waals surface area contributed by atoms with Gasteiger partial charge in [0.25, 0.3) is 0 Å². The number of carbonyl (C=O) groups excluding carboxylic acids is 3. The van der Waals surface area contributed by atoms with Gasteiger partial charge in [0.2, 0.25) is 0 Å². The van der Waals surface area contributed by atoms with E-state index in [4.69, 9.17) is 18.9 Å². The van der Waals surface area contributed by atoms with E-state index in [0.717, 1.165) is 5.69 Å². The number of nitrogens with zero attached hydrogens (tertiary/aromatic N) is 3. The lowest BCUT2D eigenvalue weighted by molar-refractivity contribution is -0.146. The molecule has 1 heterocycles. The highest BCUT2D eigenvalue weighted by Crippen LogP contribution is 2.22. The van der Waals surface area contributed by atoms with Crippen molar-refractivity contribution in [2.24, 2.45) is 0 Å². The molecule has 0 saturated carbocycles. The summed E-state index contributed by atoms with van der Waals surface area (Å²) >= 11 is 0. The van der Waals surface area contributed by atoms with Crippen LogP contribution >= 0.6 is 0 Å². The number of imidazole rings is 1. The fourth-order valence-corrected chi connectivity index (χ4v) is 3.01. The van der Waals surface area contributed by atoms with Gasteiger partial charge >= 0.3 is 18.2 Å². The smallest absolute Gasteiger partial charge is 0.420 e. The van der Waals surface area contributed by atoms with Crippen LogP contribution in [-0.2, 0) is 25.4 Å². The van der Waals surface area contributed by atoms with Crippen molar-refractivity contribution >= 4 is 18.2 Å². The van der Waals surface area contributed by atoms with Crippen molar-refractivity contribution in [1.82, 2.24) is 14.5 Å². The quantitative estimate of drug-likeness (QED) is 0.453. The molecule has 2 rings (SSSR count). The minimum Gasteiger partial charge on any atom is -0.497 e. The molecule has 10 nitrogen and oxygen atoms in total. The third-order valence-electron chi connectivity index (χ3n) is 4.43. The second kappa shape index (κ2) is 10.6. The normalized spacial score (nSPS) is 12.5. The molecule has 186 valence electrons. The largest absolute Gasteiger partial charge is 0.497 e. The van der Waals surface area contributed by atoms with Gasteiger partial charge in [0.05, 0.1) is 20.5 Å². The van der Waals surface area contributed by atoms with Crippen molar-refractivity contribution in [3.05, 3.63) is 42.5 Å². The van der Waals surface area contributed by atoms with Gasteiger partial charge in [-0.2, -0.15) is 4.90 Å². The zero-order valence-corrected chi connectivity index (χ0v) is 20.9. The van der Waals surface area contributed by atoms with Crippen LogP contribution in [0.5, 0.6) is 5.75 Å². The van der Waals surface area contributed by atoms with Crippen molar-refractivity contribution < 1.29 is 33.3 Å². The van der Waals surface area contributed by atoms with Crippen LogP contribution in [-0.4, -0.2) is 64.1 Å². The molecule has 0 aliphatic rings. The van der Waals surface area contributed by atoms with E-state index in [0.29, 0.717) is 16.3 Å². The zero-order chi connectivity index (χ0) is 25.7. The lowest BCUT2D eigenvalue weighted by Crippen LogP contribution is -2.53. The van der Waals surface area contributed by atoms with Crippen LogP contribution in [0.4, 0.5) is 9.59 Å². The summed E-state index contributed by atoms with van der Waals surface area (Å²) in [5.41, 5.74) is -0.526. The third-order valence-corrected chi connectivity index (χ3v) is 4.43. The van der Waals surface area contributed by atoms with Gasteiger partial charge in [0.15, 0.2) is 0 Å². The van der Waals surface area contributed by atoms with Crippen molar-refractivity contribution in [3.8, 4) is 11.4 Å². The Morgan fingerprint density at radius 2 is 1.47 bits per heavy atom. The molecule has 0 unspecified atom stereocenters. The van der Waals surface area contributed by atoms with Crippen LogP contribution in [0, 0.1) is 0 Å². The monoisotopic (exact) mass is 475 g/mol. The van der Waals surface area contributed by atoms with Gasteiger partial charge in [-0.05, 0) is 65.8 Å². The van der Waals surface area contributed by atoms with Crippen LogP contribution in [0.15, 0.2) is 36.8 Å². The summed E-state index contributed by atoms with van der Waals surface area (Å²) in [4.78, 5) is 43.8. The summed E-state index contributed by atoms with van der Waals surface area (Å²) in [5.74, 6) is -0.127. The third kappa shape index (κ3) is 7.23. The molecule has 0 aliphatic heterocycles. The number of aromatic nitrogens is 2. The highest BCUT2D eigenvalue weighted by atomic mass is 16.6. The highest BCUT2D eigenvalue weighted by molar-refractivity contribution is 5.94. The number of amides is 2. The molecule has 34 heavy (non-hydrogen) atoms. The molecule has 0 bridgehead atoms. The number of carbonyl (C=O) groups is 3. The second-order valence-electron chi connectivity index (χ2n) is 9.53. The molecule has 0 spiro atoms. The predicted octanol–water partition coefficient (Wildman–Crippen LogP) is 4.14. The van der Waals surface area contributed by atoms with Crippen molar-refractivity contribution in [3.63, 3.8) is 0 Å². The SMILES string of the molecule is COC(=O)[C@H](Cc1cncn1-c1ccc(OC)cc1)N(C(=O)OC(C)(C)C)C(=O)OC(C)(C)C. The predicted molar refractivity (Wildman–Crippen MR) is 124 cm³/mol. The highest BCUT2D eigenvalue weighted by Gasteiger charge is 2.41. The maximum absolute atomic E-state index is 13.1. The van der Waals surface area contributed by atoms with Gasteiger partial charge in [-0.1, -0.05) is 0 Å². The molecule has 0 saturated heterocycles. The molecule has 1 atom stereocenters. The first-order chi connectivity index (χ1) is 15.8. The molecule has 10 heteroatoms. The van der Waals surface area contributed by atoms with Crippen molar-refractivity contribution in [1.29, 1.82) is 0 Å². The molecule has 1 aromatic heterocycles. The average molecular weight is 476 g/mol. The first kappa shape index (κ1) is 26.7. The number of benzene rings is 1. The summed E-state index contributed by atoms with van der Waals surface area (Å²) in [6.07, 6.45) is 0.983. The second-order valence-corrected chi connectivity index (χ2v) is 9.53. The molecule has 2 amide bonds. The van der Waals surface area contributed by atoms with Gasteiger partial charge in [-0.25, -0.2) is 19.4 Å². The van der Waals surface area contributed by atoms with E-state index >= 15 is 0 Å². The molecule has 0 fully saturated rings. The van der Waals surface area contributed by atoms with E-state index in [2.05, 4.69) is 4.98 Å². The van der Waals surface area contributed by atoms with E-state index in [9.17, 15) is 14.4 Å². The fraction of sp³-hybridized carbons (Fsp3) is 0.500. The van der Waals surface area contributed by atoms with Gasteiger partial charge in [-0.15, -0.1) is 0 Å². The minimum absolute atomic E-state index is 0.0861. The van der Waals surface area contributed by atoms with E-state index in [-0.39, 0.29) is 6.42 Å². The van der Waals surface area contributed by atoms with Crippen LogP contribution in [0.25, 0.3) is 5.69 Å². The first-order valence-corrected chi connectivity index (χ1v) is 10.7. The first-order valence-electron chi connectivity index (χ1n) is 10.7. The van der Waals surface area contributed by atoms with Crippen molar-refractivity contribution in [2.45, 2.75) is 65.2 Å². The molecule has 2 aromatic rings. The van der Waals surface area contributed by atoms with Crippen molar-refractivity contribution in [2.75, 3.05) is 14.2 Å². The Bertz CT molecular complexity index is 973. The number of hydrogen-bond acceptors (Lipinski definition) is 8. The van der Waals surface area contributed by atoms with E-state index in [1.165, 1.54) is 7.11 Å². The number of rotatable bonds is 6. The Balaban J connectivity index is 2.48. The summed E-state index contributed by atoms with van der Waals surface area (Å²) in [6, 6.07) is 5.84. The standard InChI is InChI=1S/C24H33N3O7/c1-23(2,3)33-21(29)27(22(30)34-24(4,5)6)19(20(28)32-8)13-17-14-25-15-26(17)16-9-11-18(31-7)12-10-16/h9-12,14-15,19H,13H2,1-8H3/t19-/m0/s1. The Labute approximate surface area is 199 Å². The van der Waals surface area contributed by atoms with E-state index < -0.39 is 35.4 Å². The Hall–Kier alpha value is -3.56. The van der Waals surface area contributed by atoms with Crippen LogP contribution in [0.3, 0.4) is 0 Å². The zero-order valence-electron chi connectivity index (χ0n) is 20.9. The molecular formula is C24H33N3O7. The average Bonchev–Trinajstić information content (AvgIpc) is 3.18. The molecule has 0 radical (unpaired) electrons. The topological polar surface area (TPSA) is 109 Å². The molecular weight excluding hydrogens is 442 g/mol. The van der Waals surface area contributed by atoms with E-state index in [1.54, 1.807) is 77.9 Å². The molecule has 0 aliphatic carbocycles. The lowest BCUT2D eigenvalue weighted by Gasteiger charge is -2.32. The molecule has 0 N–H and O–H groups in total. The number of esters is 1. The number of methoxy groups -OCH3 is 2. The maximum Gasteiger partial charge on any atom is 0.420 e. The summed E-state index contributed by atoms with van der Waals surface area (Å²) in [5, 5.41) is 0. The number of hydrogen-bond donors (Lipinski definition) is 0. The van der Waals surface area contributed by atoms with Gasteiger partial charge < -0.3 is 23.5 Å². The Morgan fingerprint density at radius 3 is 1.91 bits per heavy atom. The fourth-order valence-electron chi connectivity index (χ4n) is 3.01. The Kier molecular flexibility index (Phi) is 8.31. The van der Waals surface area contributed by atoms with Gasteiger partial charge in [-0.3, -0.25) is 0 Å². The summed E-state index contributed by atoms with van der Waals surface area (Å²) in [7, 11) is 2.75. The van der Waals surface area contributed by atoms with Gasteiger partial charge in [0.1, 0.15) is 23.0 Å². The number of imide groups is 1. The minimum atomic E-state index is -1.36. The lowest BCUT2D eigenvalue weighted by atomic mass is 10.1. The number of ether oxygens (including phenoxy) is 4. The Morgan fingerprint density at radius 1 is 0.941 bits per heavy atom. The molecule has 1 aromatic carbocycles. The van der Waals surface area contributed by atoms with E-state index in [1.807, 2.05) is 12.1 Å². The van der Waals surface area contributed by atoms with Gasteiger partial charge in [0, 0.05) is 24.0 Å². The summed E-state index contributed by atoms with van der Waals surface area (Å²) < 4.78 is 22.7. The van der Waals surface area contributed by atoms with Crippen LogP contribution < -0.4 is 4.74 Å². The van der Waals surface area contributed by atoms with Crippen LogP contribution in [0.1, 0.15) is 47.2 Å².